The molecule has 2 aliphatic heterocycles. The average molecular weight is 291 g/mol. The van der Waals surface area contributed by atoms with E-state index in [1.807, 2.05) is 7.11 Å². The lowest BCUT2D eigenvalue weighted by atomic mass is 9.81. The van der Waals surface area contributed by atoms with Crippen LogP contribution < -0.4 is 10.1 Å². The van der Waals surface area contributed by atoms with Gasteiger partial charge in [0.25, 0.3) is 0 Å². The van der Waals surface area contributed by atoms with Crippen molar-refractivity contribution < 1.29 is 14.2 Å². The molecule has 0 spiro atoms. The van der Waals surface area contributed by atoms with Gasteiger partial charge in [-0.2, -0.15) is 0 Å². The minimum absolute atomic E-state index is 0.179. The topological polar surface area (TPSA) is 39.7 Å². The van der Waals surface area contributed by atoms with Crippen LogP contribution in [0.4, 0.5) is 0 Å². The molecule has 0 aliphatic carbocycles. The molecule has 21 heavy (non-hydrogen) atoms. The van der Waals surface area contributed by atoms with E-state index in [4.69, 9.17) is 14.2 Å². The van der Waals surface area contributed by atoms with Gasteiger partial charge in [-0.3, -0.25) is 0 Å². The number of ether oxygens (including phenoxy) is 3. The van der Waals surface area contributed by atoms with Crippen molar-refractivity contribution in [2.45, 2.75) is 37.8 Å². The SMILES string of the molecule is CCNC(c1ccc2c(c1)CCO2)C1(OC)CCOCC1. The third kappa shape index (κ3) is 2.80. The summed E-state index contributed by atoms with van der Waals surface area (Å²) in [6.45, 7) is 5.40. The van der Waals surface area contributed by atoms with Crippen molar-refractivity contribution in [2.75, 3.05) is 33.5 Å². The fraction of sp³-hybridized carbons (Fsp3) is 0.647. The molecule has 1 aromatic rings. The van der Waals surface area contributed by atoms with Crippen LogP contribution in [0.3, 0.4) is 0 Å². The molecule has 1 aromatic carbocycles. The number of methoxy groups -OCH3 is 1. The molecule has 1 unspecified atom stereocenters. The second-order valence-electron chi connectivity index (χ2n) is 5.84. The lowest BCUT2D eigenvalue weighted by molar-refractivity contribution is -0.111. The second-order valence-corrected chi connectivity index (χ2v) is 5.84. The molecule has 0 saturated carbocycles. The first-order valence-corrected chi connectivity index (χ1v) is 7.91. The molecular formula is C17H25NO3. The fourth-order valence-electron chi connectivity index (χ4n) is 3.53. The van der Waals surface area contributed by atoms with E-state index < -0.39 is 0 Å². The lowest BCUT2D eigenvalue weighted by Crippen LogP contribution is -2.49. The molecule has 3 rings (SSSR count). The van der Waals surface area contributed by atoms with E-state index in [9.17, 15) is 0 Å². The van der Waals surface area contributed by atoms with E-state index in [1.54, 1.807) is 0 Å². The monoisotopic (exact) mass is 291 g/mol. The molecule has 0 aromatic heterocycles. The Labute approximate surface area is 126 Å². The molecule has 1 saturated heterocycles. The summed E-state index contributed by atoms with van der Waals surface area (Å²) in [6.07, 6.45) is 2.86. The van der Waals surface area contributed by atoms with Crippen LogP contribution in [0.1, 0.15) is 36.9 Å². The zero-order valence-electron chi connectivity index (χ0n) is 13.0. The van der Waals surface area contributed by atoms with Crippen molar-refractivity contribution in [1.82, 2.24) is 5.32 Å². The smallest absolute Gasteiger partial charge is 0.122 e. The van der Waals surface area contributed by atoms with E-state index in [0.717, 1.165) is 51.4 Å². The Bertz CT molecular complexity index is 483. The molecule has 1 atom stereocenters. The zero-order valence-corrected chi connectivity index (χ0v) is 13.0. The van der Waals surface area contributed by atoms with E-state index >= 15 is 0 Å². The van der Waals surface area contributed by atoms with E-state index in [0.29, 0.717) is 0 Å². The normalized spacial score (nSPS) is 21.6. The molecule has 4 nitrogen and oxygen atoms in total. The highest BCUT2D eigenvalue weighted by Crippen LogP contribution is 2.39. The maximum absolute atomic E-state index is 5.99. The number of benzene rings is 1. The Morgan fingerprint density at radius 1 is 1.29 bits per heavy atom. The van der Waals surface area contributed by atoms with Crippen LogP contribution in [0.25, 0.3) is 0 Å². The van der Waals surface area contributed by atoms with Crippen molar-refractivity contribution in [2.24, 2.45) is 0 Å². The molecule has 0 amide bonds. The Morgan fingerprint density at radius 3 is 2.81 bits per heavy atom. The molecule has 2 heterocycles. The summed E-state index contributed by atoms with van der Waals surface area (Å²) in [4.78, 5) is 0. The van der Waals surface area contributed by atoms with Gasteiger partial charge in [0.1, 0.15) is 5.75 Å². The first-order chi connectivity index (χ1) is 10.3. The average Bonchev–Trinajstić information content (AvgIpc) is 3.00. The van der Waals surface area contributed by atoms with Gasteiger partial charge in [-0.15, -0.1) is 0 Å². The van der Waals surface area contributed by atoms with Crippen LogP contribution in [0.5, 0.6) is 5.75 Å². The highest BCUT2D eigenvalue weighted by atomic mass is 16.5. The summed E-state index contributed by atoms with van der Waals surface area (Å²) in [5, 5.41) is 3.63. The first-order valence-electron chi connectivity index (χ1n) is 7.91. The maximum atomic E-state index is 5.99. The van der Waals surface area contributed by atoms with Gasteiger partial charge in [-0.05, 0) is 23.7 Å². The van der Waals surface area contributed by atoms with E-state index in [2.05, 4.69) is 30.4 Å². The van der Waals surface area contributed by atoms with Crippen molar-refractivity contribution in [3.8, 4) is 5.75 Å². The third-order valence-corrected chi connectivity index (χ3v) is 4.73. The predicted octanol–water partition coefficient (Wildman–Crippen LogP) is 2.47. The Morgan fingerprint density at radius 2 is 2.10 bits per heavy atom. The van der Waals surface area contributed by atoms with Crippen LogP contribution in [0, 0.1) is 0 Å². The summed E-state index contributed by atoms with van der Waals surface area (Å²) in [6, 6.07) is 6.76. The molecule has 0 radical (unpaired) electrons. The first kappa shape index (κ1) is 14.8. The van der Waals surface area contributed by atoms with Crippen LogP contribution in [-0.4, -0.2) is 39.1 Å². The third-order valence-electron chi connectivity index (χ3n) is 4.73. The van der Waals surface area contributed by atoms with Gasteiger partial charge in [0.15, 0.2) is 0 Å². The molecule has 2 aliphatic rings. The predicted molar refractivity (Wildman–Crippen MR) is 81.9 cm³/mol. The van der Waals surface area contributed by atoms with Crippen LogP contribution in [0.2, 0.25) is 0 Å². The molecule has 116 valence electrons. The quantitative estimate of drug-likeness (QED) is 0.904. The second kappa shape index (κ2) is 6.34. The van der Waals surface area contributed by atoms with Gasteiger partial charge in [-0.25, -0.2) is 0 Å². The van der Waals surface area contributed by atoms with E-state index in [-0.39, 0.29) is 11.6 Å². The summed E-state index contributed by atoms with van der Waals surface area (Å²) in [5.41, 5.74) is 2.43. The van der Waals surface area contributed by atoms with Gasteiger partial charge >= 0.3 is 0 Å². The summed E-state index contributed by atoms with van der Waals surface area (Å²) < 4.78 is 17.1. The molecule has 0 bridgehead atoms. The van der Waals surface area contributed by atoms with Gasteiger partial charge in [0.2, 0.25) is 0 Å². The van der Waals surface area contributed by atoms with Gasteiger partial charge in [-0.1, -0.05) is 19.1 Å². The minimum atomic E-state index is -0.179. The maximum Gasteiger partial charge on any atom is 0.122 e. The highest BCUT2D eigenvalue weighted by Gasteiger charge is 2.41. The van der Waals surface area contributed by atoms with Crippen LogP contribution >= 0.6 is 0 Å². The summed E-state index contributed by atoms with van der Waals surface area (Å²) in [7, 11) is 1.83. The van der Waals surface area contributed by atoms with E-state index in [1.165, 1.54) is 11.1 Å². The lowest BCUT2D eigenvalue weighted by Gasteiger charge is -2.43. The number of hydrogen-bond acceptors (Lipinski definition) is 4. The molecule has 4 heteroatoms. The van der Waals surface area contributed by atoms with Crippen LogP contribution in [-0.2, 0) is 15.9 Å². The Balaban J connectivity index is 1.93. The molecular weight excluding hydrogens is 266 g/mol. The largest absolute Gasteiger partial charge is 0.493 e. The highest BCUT2D eigenvalue weighted by molar-refractivity contribution is 5.41. The number of rotatable bonds is 5. The standard InChI is InChI=1S/C17H25NO3/c1-3-18-16(17(19-2)7-10-20-11-8-17)14-4-5-15-13(12-14)6-9-21-15/h4-5,12,16,18H,3,6-11H2,1-2H3. The fourth-order valence-corrected chi connectivity index (χ4v) is 3.53. The van der Waals surface area contributed by atoms with Crippen LogP contribution in [0.15, 0.2) is 18.2 Å². The molecule has 1 fully saturated rings. The van der Waals surface area contributed by atoms with Gasteiger partial charge < -0.3 is 19.5 Å². The number of hydrogen-bond donors (Lipinski definition) is 1. The molecule has 1 N–H and O–H groups in total. The summed E-state index contributed by atoms with van der Waals surface area (Å²) in [5.74, 6) is 1.03. The summed E-state index contributed by atoms with van der Waals surface area (Å²) >= 11 is 0. The van der Waals surface area contributed by atoms with Gasteiger partial charge in [0, 0.05) is 39.6 Å². The minimum Gasteiger partial charge on any atom is -0.493 e. The Hall–Kier alpha value is -1.10. The Kier molecular flexibility index (Phi) is 4.48. The zero-order chi connectivity index (χ0) is 14.7. The van der Waals surface area contributed by atoms with Crippen molar-refractivity contribution in [3.05, 3.63) is 29.3 Å². The number of fused-ring (bicyclic) bond motifs is 1. The number of likely N-dealkylation sites (N-methyl/N-ethyl adjacent to an activating group) is 1. The van der Waals surface area contributed by atoms with Crippen molar-refractivity contribution in [3.63, 3.8) is 0 Å². The van der Waals surface area contributed by atoms with Gasteiger partial charge in [0.05, 0.1) is 18.2 Å². The van der Waals surface area contributed by atoms with Crippen molar-refractivity contribution >= 4 is 0 Å². The van der Waals surface area contributed by atoms with Crippen molar-refractivity contribution in [1.29, 1.82) is 0 Å². The number of nitrogens with one attached hydrogen (secondary N) is 1.